The summed E-state index contributed by atoms with van der Waals surface area (Å²) >= 11 is 0. The van der Waals surface area contributed by atoms with Crippen LogP contribution in [0.3, 0.4) is 0 Å². The monoisotopic (exact) mass is 399 g/mol. The molecular weight excluding hydrogens is 365 g/mol. The van der Waals surface area contributed by atoms with Gasteiger partial charge in [0.25, 0.3) is 0 Å². The third kappa shape index (κ3) is 10.7. The predicted octanol–water partition coefficient (Wildman–Crippen LogP) is 3.29. The molecule has 0 amide bonds. The molecule has 3 N–H and O–H groups in total. The van der Waals surface area contributed by atoms with E-state index in [9.17, 15) is 5.11 Å². The van der Waals surface area contributed by atoms with Crippen molar-refractivity contribution in [3.63, 3.8) is 0 Å². The van der Waals surface area contributed by atoms with Crippen molar-refractivity contribution in [3.8, 4) is 0 Å². The van der Waals surface area contributed by atoms with E-state index in [1.54, 1.807) is 0 Å². The summed E-state index contributed by atoms with van der Waals surface area (Å²) in [6, 6.07) is 0. The number of hydrogen-bond donors (Lipinski definition) is 3. The highest BCUT2D eigenvalue weighted by molar-refractivity contribution is 14.0. The highest BCUT2D eigenvalue weighted by atomic mass is 127. The minimum Gasteiger partial charge on any atom is -0.388 e. The first-order chi connectivity index (χ1) is 9.11. The molecule has 0 aromatic rings. The Hall–Kier alpha value is -0.0400. The molecule has 0 radical (unpaired) electrons. The van der Waals surface area contributed by atoms with Crippen LogP contribution in [0.25, 0.3) is 0 Å². The Labute approximate surface area is 142 Å². The Kier molecular flexibility index (Phi) is 15.5. The molecule has 0 aromatic carbocycles. The van der Waals surface area contributed by atoms with Crippen molar-refractivity contribution >= 4 is 29.9 Å². The van der Waals surface area contributed by atoms with Gasteiger partial charge >= 0.3 is 0 Å². The van der Waals surface area contributed by atoms with Crippen molar-refractivity contribution in [1.82, 2.24) is 10.6 Å². The molecule has 0 fully saturated rings. The number of hydrogen-bond acceptors (Lipinski definition) is 2. The van der Waals surface area contributed by atoms with Crippen molar-refractivity contribution in [2.24, 2.45) is 4.99 Å². The predicted molar refractivity (Wildman–Crippen MR) is 99.1 cm³/mol. The molecule has 122 valence electrons. The van der Waals surface area contributed by atoms with Crippen molar-refractivity contribution in [3.05, 3.63) is 0 Å². The Morgan fingerprint density at radius 3 is 2.05 bits per heavy atom. The van der Waals surface area contributed by atoms with Gasteiger partial charge in [-0.3, -0.25) is 4.99 Å². The second-order valence-corrected chi connectivity index (χ2v) is 5.20. The lowest BCUT2D eigenvalue weighted by atomic mass is 9.93. The molecular formula is C15H34IN3O. The molecule has 0 aliphatic rings. The fraction of sp³-hybridized carbons (Fsp3) is 0.933. The number of aliphatic hydroxyl groups is 1. The topological polar surface area (TPSA) is 56.7 Å². The Morgan fingerprint density at radius 2 is 1.60 bits per heavy atom. The van der Waals surface area contributed by atoms with Gasteiger partial charge in [-0.05, 0) is 26.2 Å². The van der Waals surface area contributed by atoms with Crippen LogP contribution in [0.2, 0.25) is 0 Å². The molecule has 5 heteroatoms. The summed E-state index contributed by atoms with van der Waals surface area (Å²) in [5, 5.41) is 17.1. The van der Waals surface area contributed by atoms with Crippen LogP contribution in [0.4, 0.5) is 0 Å². The zero-order valence-electron chi connectivity index (χ0n) is 13.7. The largest absolute Gasteiger partial charge is 0.388 e. The van der Waals surface area contributed by atoms with E-state index < -0.39 is 5.60 Å². The quantitative estimate of drug-likeness (QED) is 0.229. The highest BCUT2D eigenvalue weighted by Crippen LogP contribution is 2.19. The Bertz CT molecular complexity index is 241. The van der Waals surface area contributed by atoms with Gasteiger partial charge < -0.3 is 15.7 Å². The lowest BCUT2D eigenvalue weighted by Gasteiger charge is -2.26. The number of rotatable bonds is 10. The summed E-state index contributed by atoms with van der Waals surface area (Å²) in [4.78, 5) is 4.54. The summed E-state index contributed by atoms with van der Waals surface area (Å²) in [6.45, 7) is 10.7. The van der Waals surface area contributed by atoms with E-state index in [2.05, 4.69) is 43.3 Å². The standard InChI is InChI=1S/C15H33N3O.HI/c1-5-9-12-17-14(16-8-4)18-13-15(19,10-6-2)11-7-3;/h19H,5-13H2,1-4H3,(H2,16,17,18);1H. The van der Waals surface area contributed by atoms with E-state index >= 15 is 0 Å². The maximum atomic E-state index is 10.5. The van der Waals surface area contributed by atoms with E-state index in [4.69, 9.17) is 0 Å². The molecule has 4 nitrogen and oxygen atoms in total. The zero-order chi connectivity index (χ0) is 14.6. The van der Waals surface area contributed by atoms with E-state index in [0.29, 0.717) is 6.54 Å². The van der Waals surface area contributed by atoms with Crippen LogP contribution in [0, 0.1) is 0 Å². The molecule has 0 unspecified atom stereocenters. The summed E-state index contributed by atoms with van der Waals surface area (Å²) in [7, 11) is 0. The second-order valence-electron chi connectivity index (χ2n) is 5.20. The maximum absolute atomic E-state index is 10.5. The van der Waals surface area contributed by atoms with E-state index in [1.165, 1.54) is 6.42 Å². The smallest absolute Gasteiger partial charge is 0.191 e. The molecule has 0 heterocycles. The summed E-state index contributed by atoms with van der Waals surface area (Å²) < 4.78 is 0. The molecule has 0 bridgehead atoms. The Morgan fingerprint density at radius 1 is 1.00 bits per heavy atom. The van der Waals surface area contributed by atoms with Crippen LogP contribution in [0.1, 0.15) is 66.2 Å². The van der Waals surface area contributed by atoms with Crippen molar-refractivity contribution in [2.75, 3.05) is 19.6 Å². The minimum atomic E-state index is -0.642. The fourth-order valence-corrected chi connectivity index (χ4v) is 2.17. The average Bonchev–Trinajstić information content (AvgIpc) is 2.37. The Balaban J connectivity index is 0. The van der Waals surface area contributed by atoms with Crippen molar-refractivity contribution < 1.29 is 5.11 Å². The molecule has 0 rings (SSSR count). The SMILES string of the molecule is CCCCNC(=NCC(O)(CCC)CCC)NCC.I. The van der Waals surface area contributed by atoms with Crippen LogP contribution >= 0.6 is 24.0 Å². The van der Waals surface area contributed by atoms with Crippen LogP contribution in [-0.2, 0) is 0 Å². The number of unbranched alkanes of at least 4 members (excludes halogenated alkanes) is 1. The summed E-state index contributed by atoms with van der Waals surface area (Å²) in [5.74, 6) is 0.821. The summed E-state index contributed by atoms with van der Waals surface area (Å²) in [6.07, 6.45) is 5.93. The van der Waals surface area contributed by atoms with E-state index in [1.807, 2.05) is 0 Å². The van der Waals surface area contributed by atoms with Gasteiger partial charge in [0.15, 0.2) is 5.96 Å². The van der Waals surface area contributed by atoms with Gasteiger partial charge in [0, 0.05) is 13.1 Å². The maximum Gasteiger partial charge on any atom is 0.191 e. The normalized spacial score (nSPS) is 11.9. The average molecular weight is 399 g/mol. The lowest BCUT2D eigenvalue weighted by molar-refractivity contribution is 0.0306. The molecule has 20 heavy (non-hydrogen) atoms. The molecule has 0 saturated heterocycles. The zero-order valence-corrected chi connectivity index (χ0v) is 16.0. The molecule has 0 aromatic heterocycles. The summed E-state index contributed by atoms with van der Waals surface area (Å²) in [5.41, 5.74) is -0.642. The number of nitrogens with zero attached hydrogens (tertiary/aromatic N) is 1. The van der Waals surface area contributed by atoms with Gasteiger partial charge in [-0.2, -0.15) is 0 Å². The van der Waals surface area contributed by atoms with Crippen molar-refractivity contribution in [1.29, 1.82) is 0 Å². The number of halogens is 1. The van der Waals surface area contributed by atoms with Crippen LogP contribution < -0.4 is 10.6 Å². The van der Waals surface area contributed by atoms with Gasteiger partial charge in [-0.25, -0.2) is 0 Å². The van der Waals surface area contributed by atoms with Gasteiger partial charge in [0.05, 0.1) is 12.1 Å². The fourth-order valence-electron chi connectivity index (χ4n) is 2.17. The highest BCUT2D eigenvalue weighted by Gasteiger charge is 2.24. The third-order valence-corrected chi connectivity index (χ3v) is 3.13. The first kappa shape index (κ1) is 22.2. The van der Waals surface area contributed by atoms with E-state index in [0.717, 1.165) is 51.2 Å². The van der Waals surface area contributed by atoms with Crippen LogP contribution in [0.5, 0.6) is 0 Å². The van der Waals surface area contributed by atoms with Gasteiger partial charge in [0.1, 0.15) is 0 Å². The van der Waals surface area contributed by atoms with Gasteiger partial charge in [-0.1, -0.05) is 40.0 Å². The van der Waals surface area contributed by atoms with Gasteiger partial charge in [-0.15, -0.1) is 24.0 Å². The molecule has 0 aliphatic heterocycles. The number of aliphatic imine (C=N–C) groups is 1. The minimum absolute atomic E-state index is 0. The van der Waals surface area contributed by atoms with Crippen molar-refractivity contribution in [2.45, 2.75) is 71.8 Å². The number of guanidine groups is 1. The first-order valence-corrected chi connectivity index (χ1v) is 7.86. The van der Waals surface area contributed by atoms with Crippen LogP contribution in [0.15, 0.2) is 4.99 Å². The third-order valence-electron chi connectivity index (χ3n) is 3.13. The van der Waals surface area contributed by atoms with Gasteiger partial charge in [0.2, 0.25) is 0 Å². The molecule has 0 atom stereocenters. The molecule has 0 saturated carbocycles. The molecule has 0 aliphatic carbocycles. The number of nitrogens with one attached hydrogen (secondary N) is 2. The lowest BCUT2D eigenvalue weighted by Crippen LogP contribution is -2.40. The molecule has 0 spiro atoms. The van der Waals surface area contributed by atoms with E-state index in [-0.39, 0.29) is 24.0 Å². The second kappa shape index (κ2) is 13.9. The first-order valence-electron chi connectivity index (χ1n) is 7.86. The van der Waals surface area contributed by atoms with Crippen LogP contribution in [-0.4, -0.2) is 36.3 Å².